The quantitative estimate of drug-likeness (QED) is 0.702. The van der Waals surface area contributed by atoms with E-state index in [0.29, 0.717) is 5.57 Å². The summed E-state index contributed by atoms with van der Waals surface area (Å²) in [4.78, 5) is 26.0. The van der Waals surface area contributed by atoms with Gasteiger partial charge in [-0.25, -0.2) is 14.3 Å². The van der Waals surface area contributed by atoms with Crippen molar-refractivity contribution in [2.24, 2.45) is 0 Å². The predicted octanol–water partition coefficient (Wildman–Crippen LogP) is 1.40. The third kappa shape index (κ3) is 3.38. The van der Waals surface area contributed by atoms with Crippen molar-refractivity contribution in [3.8, 4) is 0 Å². The Labute approximate surface area is 87.4 Å². The highest BCUT2D eigenvalue weighted by Crippen LogP contribution is 1.97. The summed E-state index contributed by atoms with van der Waals surface area (Å²) < 4.78 is 6.03. The summed E-state index contributed by atoms with van der Waals surface area (Å²) >= 11 is 0. The van der Waals surface area contributed by atoms with Crippen LogP contribution in [-0.4, -0.2) is 28.0 Å². The van der Waals surface area contributed by atoms with Gasteiger partial charge in [-0.2, -0.15) is 0 Å². The molecule has 0 aliphatic heterocycles. The Hall–Kier alpha value is -1.91. The molecule has 15 heavy (non-hydrogen) atoms. The van der Waals surface area contributed by atoms with E-state index in [2.05, 4.69) is 11.6 Å². The van der Waals surface area contributed by atoms with E-state index in [-0.39, 0.29) is 18.8 Å². The van der Waals surface area contributed by atoms with E-state index in [1.165, 1.54) is 23.3 Å². The Balaban J connectivity index is 2.30. The number of hydrogen-bond acceptors (Lipinski definition) is 4. The molecule has 5 heteroatoms. The number of nitrogens with zero attached hydrogens (tertiary/aromatic N) is 2. The number of ether oxygens (including phenoxy) is 1. The first-order chi connectivity index (χ1) is 7.11. The third-order valence-electron chi connectivity index (χ3n) is 1.75. The van der Waals surface area contributed by atoms with Crippen molar-refractivity contribution in [3.63, 3.8) is 0 Å². The summed E-state index contributed by atoms with van der Waals surface area (Å²) in [5.74, 6) is -0.103. The fourth-order valence-corrected chi connectivity index (χ4v) is 0.886. The largest absolute Gasteiger partial charge is 0.448 e. The lowest BCUT2D eigenvalue weighted by atomic mass is 10.2. The second-order valence-corrected chi connectivity index (χ2v) is 3.04. The minimum atomic E-state index is -0.540. The molecule has 5 nitrogen and oxygen atoms in total. The zero-order valence-electron chi connectivity index (χ0n) is 8.47. The van der Waals surface area contributed by atoms with Crippen LogP contribution >= 0.6 is 0 Å². The van der Waals surface area contributed by atoms with Crippen LogP contribution in [-0.2, 0) is 9.53 Å². The smallest absolute Gasteiger partial charge is 0.419 e. The van der Waals surface area contributed by atoms with Gasteiger partial charge in [0.25, 0.3) is 0 Å². The number of imidazole rings is 1. The lowest BCUT2D eigenvalue weighted by Gasteiger charge is -2.03. The lowest BCUT2D eigenvalue weighted by molar-refractivity contribution is -0.116. The van der Waals surface area contributed by atoms with Crippen molar-refractivity contribution in [1.82, 2.24) is 9.55 Å². The predicted molar refractivity (Wildman–Crippen MR) is 53.4 cm³/mol. The minimum Gasteiger partial charge on any atom is -0.448 e. The maximum absolute atomic E-state index is 11.2. The highest BCUT2D eigenvalue weighted by atomic mass is 16.5. The van der Waals surface area contributed by atoms with Crippen LogP contribution in [0.5, 0.6) is 0 Å². The molecule has 0 bridgehead atoms. The molecule has 0 N–H and O–H groups in total. The van der Waals surface area contributed by atoms with Crippen molar-refractivity contribution in [1.29, 1.82) is 0 Å². The van der Waals surface area contributed by atoms with Gasteiger partial charge in [-0.05, 0) is 12.5 Å². The second-order valence-electron chi connectivity index (χ2n) is 3.04. The van der Waals surface area contributed by atoms with Crippen molar-refractivity contribution in [2.75, 3.05) is 6.61 Å². The Kier molecular flexibility index (Phi) is 3.79. The maximum atomic E-state index is 11.2. The zero-order valence-corrected chi connectivity index (χ0v) is 8.47. The zero-order chi connectivity index (χ0) is 11.3. The first kappa shape index (κ1) is 11.2. The highest BCUT2D eigenvalue weighted by molar-refractivity contribution is 5.94. The molecule has 80 valence electrons. The molecule has 0 aliphatic rings. The fraction of sp³-hybridized carbons (Fsp3) is 0.300. The van der Waals surface area contributed by atoms with Crippen LogP contribution in [0.1, 0.15) is 13.3 Å². The van der Waals surface area contributed by atoms with Crippen LogP contribution in [0.4, 0.5) is 4.79 Å². The maximum Gasteiger partial charge on any atom is 0.419 e. The van der Waals surface area contributed by atoms with Crippen molar-refractivity contribution in [2.45, 2.75) is 13.3 Å². The molecule has 1 aromatic rings. The molecule has 0 aliphatic carbocycles. The third-order valence-corrected chi connectivity index (χ3v) is 1.75. The molecular weight excluding hydrogens is 196 g/mol. The molecular formula is C10H12N2O3. The molecule has 1 rings (SSSR count). The van der Waals surface area contributed by atoms with Crippen LogP contribution in [0.3, 0.4) is 0 Å². The van der Waals surface area contributed by atoms with Gasteiger partial charge in [0, 0.05) is 18.8 Å². The summed E-state index contributed by atoms with van der Waals surface area (Å²) in [6.07, 6.45) is 3.91. The normalized spacial score (nSPS) is 9.67. The average Bonchev–Trinajstić information content (AvgIpc) is 2.70. The molecule has 0 aromatic carbocycles. The summed E-state index contributed by atoms with van der Waals surface area (Å²) in [5, 5.41) is 0. The molecule has 0 atom stereocenters. The van der Waals surface area contributed by atoms with Gasteiger partial charge >= 0.3 is 6.09 Å². The highest BCUT2D eigenvalue weighted by Gasteiger charge is 2.07. The fourth-order valence-electron chi connectivity index (χ4n) is 0.886. The average molecular weight is 208 g/mol. The number of carbonyl (C=O) groups is 2. The van der Waals surface area contributed by atoms with Crippen LogP contribution < -0.4 is 0 Å². The minimum absolute atomic E-state index is 0.0582. The van der Waals surface area contributed by atoms with Crippen LogP contribution in [0.15, 0.2) is 30.9 Å². The number of rotatable bonds is 4. The number of aromatic nitrogens is 2. The number of Topliss-reactive ketones (excluding diaryl/α,β-unsaturated/α-hetero) is 1. The van der Waals surface area contributed by atoms with Gasteiger partial charge in [-0.1, -0.05) is 6.58 Å². The lowest BCUT2D eigenvalue weighted by Crippen LogP contribution is -2.14. The van der Waals surface area contributed by atoms with E-state index in [1.54, 1.807) is 6.92 Å². The molecule has 0 spiro atoms. The summed E-state index contributed by atoms with van der Waals surface area (Å²) in [7, 11) is 0. The van der Waals surface area contributed by atoms with E-state index in [1.807, 2.05) is 0 Å². The molecule has 1 heterocycles. The summed E-state index contributed by atoms with van der Waals surface area (Å²) in [6, 6.07) is 0. The SMILES string of the molecule is C=C(C)C(=O)CCOC(=O)n1ccnc1. The second kappa shape index (κ2) is 5.09. The number of ketones is 1. The Bertz CT molecular complexity index is 368. The van der Waals surface area contributed by atoms with Crippen LogP contribution in [0.2, 0.25) is 0 Å². The van der Waals surface area contributed by atoms with E-state index in [0.717, 1.165) is 0 Å². The Morgan fingerprint density at radius 1 is 1.53 bits per heavy atom. The summed E-state index contributed by atoms with van der Waals surface area (Å²) in [6.45, 7) is 5.18. The monoisotopic (exact) mass is 208 g/mol. The first-order valence-corrected chi connectivity index (χ1v) is 4.45. The van der Waals surface area contributed by atoms with Gasteiger partial charge in [0.05, 0.1) is 0 Å². The number of carbonyl (C=O) groups excluding carboxylic acids is 2. The van der Waals surface area contributed by atoms with E-state index < -0.39 is 6.09 Å². The topological polar surface area (TPSA) is 61.2 Å². The van der Waals surface area contributed by atoms with Crippen molar-refractivity contribution in [3.05, 3.63) is 30.9 Å². The van der Waals surface area contributed by atoms with Crippen LogP contribution in [0.25, 0.3) is 0 Å². The van der Waals surface area contributed by atoms with E-state index >= 15 is 0 Å². The van der Waals surface area contributed by atoms with Gasteiger partial charge in [0.2, 0.25) is 0 Å². The van der Waals surface area contributed by atoms with Gasteiger partial charge in [-0.3, -0.25) is 4.79 Å². The molecule has 0 fully saturated rings. The number of allylic oxidation sites excluding steroid dienone is 1. The molecule has 0 radical (unpaired) electrons. The molecule has 0 amide bonds. The van der Waals surface area contributed by atoms with Gasteiger partial charge in [-0.15, -0.1) is 0 Å². The standard InChI is InChI=1S/C10H12N2O3/c1-8(2)9(13)3-6-15-10(14)12-5-4-11-7-12/h4-5,7H,1,3,6H2,2H3. The molecule has 0 saturated heterocycles. The van der Waals surface area contributed by atoms with Crippen molar-refractivity contribution < 1.29 is 14.3 Å². The van der Waals surface area contributed by atoms with Gasteiger partial charge in [0.1, 0.15) is 12.9 Å². The Morgan fingerprint density at radius 2 is 2.27 bits per heavy atom. The first-order valence-electron chi connectivity index (χ1n) is 4.45. The Morgan fingerprint density at radius 3 is 2.80 bits per heavy atom. The molecule has 0 saturated carbocycles. The van der Waals surface area contributed by atoms with E-state index in [9.17, 15) is 9.59 Å². The van der Waals surface area contributed by atoms with Crippen LogP contribution in [0, 0.1) is 0 Å². The van der Waals surface area contributed by atoms with Gasteiger partial charge < -0.3 is 4.74 Å². The van der Waals surface area contributed by atoms with Gasteiger partial charge in [0.15, 0.2) is 5.78 Å². The van der Waals surface area contributed by atoms with Crippen molar-refractivity contribution >= 4 is 11.9 Å². The molecule has 1 aromatic heterocycles. The molecule has 0 unspecified atom stereocenters. The van der Waals surface area contributed by atoms with E-state index in [4.69, 9.17) is 4.74 Å². The summed E-state index contributed by atoms with van der Waals surface area (Å²) in [5.41, 5.74) is 0.466. The number of hydrogen-bond donors (Lipinski definition) is 0.